The average molecular weight is 255 g/mol. The summed E-state index contributed by atoms with van der Waals surface area (Å²) in [5, 5.41) is 3.53. The highest BCUT2D eigenvalue weighted by Crippen LogP contribution is 2.25. The number of nitrogens with zero attached hydrogens (tertiary/aromatic N) is 2. The molecule has 0 heterocycles. The van der Waals surface area contributed by atoms with Crippen LogP contribution in [0.3, 0.4) is 0 Å². The van der Waals surface area contributed by atoms with Gasteiger partial charge in [0.25, 0.3) is 0 Å². The number of hydrogen-bond donors (Lipinski definition) is 1. The lowest BCUT2D eigenvalue weighted by Gasteiger charge is -2.38. The molecule has 0 spiro atoms. The summed E-state index contributed by atoms with van der Waals surface area (Å²) in [5.41, 5.74) is 0. The molecule has 0 saturated heterocycles. The quantitative estimate of drug-likeness (QED) is 0.751. The van der Waals surface area contributed by atoms with Gasteiger partial charge in [0, 0.05) is 25.2 Å². The van der Waals surface area contributed by atoms with Gasteiger partial charge < -0.3 is 10.2 Å². The van der Waals surface area contributed by atoms with Crippen LogP contribution >= 0.6 is 0 Å². The second-order valence-electron chi connectivity index (χ2n) is 6.14. The molecule has 0 aromatic rings. The lowest BCUT2D eigenvalue weighted by molar-refractivity contribution is 0.126. The Labute approximate surface area is 114 Å². The van der Waals surface area contributed by atoms with Crippen molar-refractivity contribution in [3.63, 3.8) is 0 Å². The molecule has 1 aliphatic rings. The summed E-state index contributed by atoms with van der Waals surface area (Å²) in [4.78, 5) is 4.95. The highest BCUT2D eigenvalue weighted by atomic mass is 15.2. The predicted molar refractivity (Wildman–Crippen MR) is 80.1 cm³/mol. The molecule has 1 aliphatic carbocycles. The molecule has 3 unspecified atom stereocenters. The molecular formula is C15H33N3. The summed E-state index contributed by atoms with van der Waals surface area (Å²) in [7, 11) is 6.46. The Balaban J connectivity index is 2.49. The summed E-state index contributed by atoms with van der Waals surface area (Å²) in [6.07, 6.45) is 5.58. The zero-order valence-corrected chi connectivity index (χ0v) is 13.1. The first-order valence-electron chi connectivity index (χ1n) is 7.64. The molecule has 0 bridgehead atoms. The lowest BCUT2D eigenvalue weighted by atomic mass is 9.84. The Hall–Kier alpha value is -0.120. The Morgan fingerprint density at radius 2 is 1.89 bits per heavy atom. The maximum atomic E-state index is 3.53. The molecule has 1 rings (SSSR count). The molecule has 0 radical (unpaired) electrons. The monoisotopic (exact) mass is 255 g/mol. The molecule has 0 amide bonds. The summed E-state index contributed by atoms with van der Waals surface area (Å²) in [6.45, 7) is 8.24. The first-order chi connectivity index (χ1) is 8.58. The standard InChI is InChI=1S/C15H33N3/c1-6-18(13(2)11-17(4)5)12-14-9-7-8-10-15(14)16-3/h13-16H,6-12H2,1-5H3. The average Bonchev–Trinajstić information content (AvgIpc) is 2.35. The first kappa shape index (κ1) is 15.9. The van der Waals surface area contributed by atoms with Crippen LogP contribution in [-0.2, 0) is 0 Å². The molecule has 18 heavy (non-hydrogen) atoms. The molecule has 3 atom stereocenters. The van der Waals surface area contributed by atoms with Crippen LogP contribution in [0.2, 0.25) is 0 Å². The van der Waals surface area contributed by atoms with E-state index in [-0.39, 0.29) is 0 Å². The first-order valence-corrected chi connectivity index (χ1v) is 7.64. The van der Waals surface area contributed by atoms with Gasteiger partial charge in [-0.3, -0.25) is 4.90 Å². The van der Waals surface area contributed by atoms with Crippen molar-refractivity contribution in [2.45, 2.75) is 51.6 Å². The molecule has 3 nitrogen and oxygen atoms in total. The van der Waals surface area contributed by atoms with Crippen LogP contribution in [0.5, 0.6) is 0 Å². The van der Waals surface area contributed by atoms with Gasteiger partial charge in [-0.05, 0) is 53.4 Å². The van der Waals surface area contributed by atoms with Crippen molar-refractivity contribution in [2.75, 3.05) is 40.8 Å². The van der Waals surface area contributed by atoms with Gasteiger partial charge in [-0.25, -0.2) is 0 Å². The molecular weight excluding hydrogens is 222 g/mol. The predicted octanol–water partition coefficient (Wildman–Crippen LogP) is 2.04. The second kappa shape index (κ2) is 8.13. The third-order valence-corrected chi connectivity index (χ3v) is 4.41. The summed E-state index contributed by atoms with van der Waals surface area (Å²) in [5.74, 6) is 0.841. The normalized spacial score (nSPS) is 26.8. The van der Waals surface area contributed by atoms with Crippen LogP contribution in [-0.4, -0.2) is 62.7 Å². The molecule has 0 aromatic heterocycles. The van der Waals surface area contributed by atoms with Gasteiger partial charge in [-0.15, -0.1) is 0 Å². The van der Waals surface area contributed by atoms with Crippen LogP contribution in [0.1, 0.15) is 39.5 Å². The minimum Gasteiger partial charge on any atom is -0.317 e. The van der Waals surface area contributed by atoms with Crippen molar-refractivity contribution in [2.24, 2.45) is 5.92 Å². The van der Waals surface area contributed by atoms with Crippen LogP contribution in [0, 0.1) is 5.92 Å². The van der Waals surface area contributed by atoms with Gasteiger partial charge in [-0.1, -0.05) is 19.8 Å². The fourth-order valence-electron chi connectivity index (χ4n) is 3.37. The maximum absolute atomic E-state index is 3.53. The van der Waals surface area contributed by atoms with Crippen LogP contribution in [0.25, 0.3) is 0 Å². The van der Waals surface area contributed by atoms with E-state index in [0.29, 0.717) is 6.04 Å². The van der Waals surface area contributed by atoms with Gasteiger partial charge in [-0.2, -0.15) is 0 Å². The van der Waals surface area contributed by atoms with Crippen molar-refractivity contribution in [3.8, 4) is 0 Å². The number of likely N-dealkylation sites (N-methyl/N-ethyl adjacent to an activating group) is 2. The van der Waals surface area contributed by atoms with E-state index in [0.717, 1.165) is 18.5 Å². The molecule has 3 heteroatoms. The SMILES string of the molecule is CCN(CC1CCCCC1NC)C(C)CN(C)C. The van der Waals surface area contributed by atoms with Gasteiger partial charge >= 0.3 is 0 Å². The van der Waals surface area contributed by atoms with E-state index in [2.05, 4.69) is 50.1 Å². The molecule has 1 saturated carbocycles. The molecule has 0 aromatic carbocycles. The Morgan fingerprint density at radius 1 is 1.22 bits per heavy atom. The lowest BCUT2D eigenvalue weighted by Crippen LogP contribution is -2.47. The summed E-state index contributed by atoms with van der Waals surface area (Å²) in [6, 6.07) is 1.39. The van der Waals surface area contributed by atoms with E-state index in [1.807, 2.05) is 0 Å². The van der Waals surface area contributed by atoms with E-state index in [4.69, 9.17) is 0 Å². The van der Waals surface area contributed by atoms with Crippen LogP contribution in [0.15, 0.2) is 0 Å². The third kappa shape index (κ3) is 4.87. The number of hydrogen-bond acceptors (Lipinski definition) is 3. The zero-order chi connectivity index (χ0) is 13.5. The number of nitrogens with one attached hydrogen (secondary N) is 1. The van der Waals surface area contributed by atoms with E-state index >= 15 is 0 Å². The van der Waals surface area contributed by atoms with Gasteiger partial charge in [0.2, 0.25) is 0 Å². The summed E-state index contributed by atoms with van der Waals surface area (Å²) >= 11 is 0. The van der Waals surface area contributed by atoms with Crippen molar-refractivity contribution < 1.29 is 0 Å². The summed E-state index contributed by atoms with van der Waals surface area (Å²) < 4.78 is 0. The molecule has 1 N–H and O–H groups in total. The van der Waals surface area contributed by atoms with Crippen LogP contribution in [0.4, 0.5) is 0 Å². The van der Waals surface area contributed by atoms with Crippen molar-refractivity contribution >= 4 is 0 Å². The minimum absolute atomic E-state index is 0.657. The molecule has 1 fully saturated rings. The van der Waals surface area contributed by atoms with Crippen molar-refractivity contribution in [3.05, 3.63) is 0 Å². The van der Waals surface area contributed by atoms with E-state index in [1.165, 1.54) is 38.8 Å². The third-order valence-electron chi connectivity index (χ3n) is 4.41. The Morgan fingerprint density at radius 3 is 2.44 bits per heavy atom. The smallest absolute Gasteiger partial charge is 0.0194 e. The topological polar surface area (TPSA) is 18.5 Å². The van der Waals surface area contributed by atoms with E-state index < -0.39 is 0 Å². The van der Waals surface area contributed by atoms with Gasteiger partial charge in [0.05, 0.1) is 0 Å². The van der Waals surface area contributed by atoms with Crippen LogP contribution < -0.4 is 5.32 Å². The largest absolute Gasteiger partial charge is 0.317 e. The van der Waals surface area contributed by atoms with E-state index in [9.17, 15) is 0 Å². The fraction of sp³-hybridized carbons (Fsp3) is 1.00. The van der Waals surface area contributed by atoms with Crippen molar-refractivity contribution in [1.29, 1.82) is 0 Å². The highest BCUT2D eigenvalue weighted by molar-refractivity contribution is 4.83. The fourth-order valence-corrected chi connectivity index (χ4v) is 3.37. The van der Waals surface area contributed by atoms with Gasteiger partial charge in [0.1, 0.15) is 0 Å². The Bertz CT molecular complexity index is 218. The molecule has 0 aliphatic heterocycles. The zero-order valence-electron chi connectivity index (χ0n) is 13.1. The highest BCUT2D eigenvalue weighted by Gasteiger charge is 2.26. The number of rotatable bonds is 7. The van der Waals surface area contributed by atoms with Gasteiger partial charge in [0.15, 0.2) is 0 Å². The second-order valence-corrected chi connectivity index (χ2v) is 6.14. The van der Waals surface area contributed by atoms with Crippen molar-refractivity contribution in [1.82, 2.24) is 15.1 Å². The minimum atomic E-state index is 0.657. The maximum Gasteiger partial charge on any atom is 0.0194 e. The molecule has 108 valence electrons. The van der Waals surface area contributed by atoms with E-state index in [1.54, 1.807) is 0 Å². The Kier molecular flexibility index (Phi) is 7.20.